The van der Waals surface area contributed by atoms with Crippen molar-refractivity contribution in [2.75, 3.05) is 20.2 Å². The van der Waals surface area contributed by atoms with Crippen LogP contribution < -0.4 is 4.74 Å². The number of ketones is 1. The zero-order chi connectivity index (χ0) is 17.0. The van der Waals surface area contributed by atoms with Crippen LogP contribution in [0.5, 0.6) is 5.75 Å². The topological polar surface area (TPSA) is 46.6 Å². The Labute approximate surface area is 131 Å². The van der Waals surface area contributed by atoms with Crippen LogP contribution in [0.25, 0.3) is 0 Å². The van der Waals surface area contributed by atoms with Gasteiger partial charge in [0.2, 0.25) is 0 Å². The highest BCUT2D eigenvalue weighted by Gasteiger charge is 2.63. The molecule has 1 amide bonds. The minimum atomic E-state index is -4.84. The van der Waals surface area contributed by atoms with E-state index in [9.17, 15) is 22.8 Å². The number of hydrogen-bond donors (Lipinski definition) is 0. The van der Waals surface area contributed by atoms with Crippen LogP contribution in [0.4, 0.5) is 13.2 Å². The van der Waals surface area contributed by atoms with Crippen molar-refractivity contribution >= 4 is 11.7 Å². The number of Topliss-reactive ketones (excluding diaryl/α,β-unsaturated/α-hetero) is 1. The van der Waals surface area contributed by atoms with E-state index in [-0.39, 0.29) is 24.8 Å². The highest BCUT2D eigenvalue weighted by atomic mass is 19.4. The Morgan fingerprint density at radius 3 is 2.61 bits per heavy atom. The second kappa shape index (κ2) is 4.97. The van der Waals surface area contributed by atoms with E-state index in [0.29, 0.717) is 11.3 Å². The molecule has 0 bridgehead atoms. The van der Waals surface area contributed by atoms with Crippen molar-refractivity contribution in [3.05, 3.63) is 29.3 Å². The van der Waals surface area contributed by atoms with Crippen LogP contribution in [-0.4, -0.2) is 43.0 Å². The van der Waals surface area contributed by atoms with Crippen LogP contribution in [0, 0.1) is 5.92 Å². The summed E-state index contributed by atoms with van der Waals surface area (Å²) in [6.07, 6.45) is -4.11. The summed E-state index contributed by atoms with van der Waals surface area (Å²) in [5.41, 5.74) is 0.744. The zero-order valence-electron chi connectivity index (χ0n) is 12.7. The van der Waals surface area contributed by atoms with Crippen molar-refractivity contribution in [2.45, 2.75) is 24.9 Å². The van der Waals surface area contributed by atoms with Gasteiger partial charge in [-0.25, -0.2) is 0 Å². The fourth-order valence-electron chi connectivity index (χ4n) is 3.56. The third kappa shape index (κ3) is 2.48. The molecule has 0 N–H and O–H groups in total. The SMILES string of the molecule is COc1ccc([C@@]23C[C@H]2CN(C(=O)C(F)(F)F)C3)cc1C(C)=O. The molecule has 1 aliphatic carbocycles. The van der Waals surface area contributed by atoms with Crippen LogP contribution in [0.1, 0.15) is 29.3 Å². The van der Waals surface area contributed by atoms with Gasteiger partial charge in [-0.1, -0.05) is 6.07 Å². The Morgan fingerprint density at radius 1 is 1.35 bits per heavy atom. The molecule has 1 saturated heterocycles. The molecule has 1 aliphatic heterocycles. The van der Waals surface area contributed by atoms with E-state index in [1.807, 2.05) is 0 Å². The summed E-state index contributed by atoms with van der Waals surface area (Å²) in [7, 11) is 1.46. The van der Waals surface area contributed by atoms with Crippen LogP contribution in [-0.2, 0) is 10.2 Å². The molecule has 0 aromatic heterocycles. The lowest BCUT2D eigenvalue weighted by atomic mass is 9.92. The average molecular weight is 327 g/mol. The first-order valence-corrected chi connectivity index (χ1v) is 7.24. The van der Waals surface area contributed by atoms with Gasteiger partial charge in [0.1, 0.15) is 5.75 Å². The number of alkyl halides is 3. The normalized spacial score (nSPS) is 26.0. The van der Waals surface area contributed by atoms with Crippen molar-refractivity contribution in [3.63, 3.8) is 0 Å². The summed E-state index contributed by atoms with van der Waals surface area (Å²) >= 11 is 0. The lowest BCUT2D eigenvalue weighted by Gasteiger charge is -2.22. The molecule has 1 heterocycles. The van der Waals surface area contributed by atoms with Gasteiger partial charge >= 0.3 is 12.1 Å². The van der Waals surface area contributed by atoms with Gasteiger partial charge in [0.05, 0.1) is 12.7 Å². The van der Waals surface area contributed by atoms with Gasteiger partial charge in [-0.15, -0.1) is 0 Å². The summed E-state index contributed by atoms with van der Waals surface area (Å²) in [4.78, 5) is 24.0. The molecule has 0 spiro atoms. The number of halogens is 3. The van der Waals surface area contributed by atoms with E-state index in [4.69, 9.17) is 4.74 Å². The molecule has 23 heavy (non-hydrogen) atoms. The number of carbonyl (C=O) groups excluding carboxylic acids is 2. The number of fused-ring (bicyclic) bond motifs is 1. The molecule has 7 heteroatoms. The first-order valence-electron chi connectivity index (χ1n) is 7.24. The molecule has 0 radical (unpaired) electrons. The molecule has 3 rings (SSSR count). The number of nitrogens with zero attached hydrogens (tertiary/aromatic N) is 1. The number of likely N-dealkylation sites (tertiary alicyclic amines) is 1. The molecule has 124 valence electrons. The summed E-state index contributed by atoms with van der Waals surface area (Å²) in [5, 5.41) is 0. The summed E-state index contributed by atoms with van der Waals surface area (Å²) in [6.45, 7) is 1.57. The van der Waals surface area contributed by atoms with Crippen molar-refractivity contribution in [1.29, 1.82) is 0 Å². The van der Waals surface area contributed by atoms with Crippen molar-refractivity contribution in [2.24, 2.45) is 5.92 Å². The Kier molecular flexibility index (Phi) is 3.42. The van der Waals surface area contributed by atoms with E-state index in [2.05, 4.69) is 0 Å². The molecule has 0 unspecified atom stereocenters. The Bertz CT molecular complexity index is 686. The fraction of sp³-hybridized carbons (Fsp3) is 0.500. The minimum absolute atomic E-state index is 0.0157. The van der Waals surface area contributed by atoms with Gasteiger partial charge < -0.3 is 9.64 Å². The molecule has 2 aliphatic rings. The minimum Gasteiger partial charge on any atom is -0.496 e. The molecule has 2 fully saturated rings. The molecule has 2 atom stereocenters. The molecular weight excluding hydrogens is 311 g/mol. The zero-order valence-corrected chi connectivity index (χ0v) is 12.7. The second-order valence-corrected chi connectivity index (χ2v) is 6.21. The number of carbonyl (C=O) groups is 2. The van der Waals surface area contributed by atoms with Crippen LogP contribution in [0.3, 0.4) is 0 Å². The molecule has 4 nitrogen and oxygen atoms in total. The number of benzene rings is 1. The van der Waals surface area contributed by atoms with Crippen LogP contribution in [0.15, 0.2) is 18.2 Å². The van der Waals surface area contributed by atoms with E-state index >= 15 is 0 Å². The number of amides is 1. The maximum atomic E-state index is 12.6. The number of hydrogen-bond acceptors (Lipinski definition) is 3. The lowest BCUT2D eigenvalue weighted by molar-refractivity contribution is -0.184. The predicted octanol–water partition coefficient (Wildman–Crippen LogP) is 2.56. The van der Waals surface area contributed by atoms with E-state index in [0.717, 1.165) is 16.9 Å². The van der Waals surface area contributed by atoms with Crippen molar-refractivity contribution in [1.82, 2.24) is 4.90 Å². The van der Waals surface area contributed by atoms with E-state index in [1.54, 1.807) is 18.2 Å². The van der Waals surface area contributed by atoms with E-state index < -0.39 is 17.5 Å². The highest BCUT2D eigenvalue weighted by molar-refractivity contribution is 5.97. The third-order valence-electron chi connectivity index (χ3n) is 4.83. The van der Waals surface area contributed by atoms with Gasteiger partial charge in [-0.2, -0.15) is 13.2 Å². The number of piperidine rings is 1. The Morgan fingerprint density at radius 2 is 2.04 bits per heavy atom. The van der Waals surface area contributed by atoms with E-state index in [1.165, 1.54) is 14.0 Å². The molecular formula is C16H16F3NO3. The lowest BCUT2D eigenvalue weighted by Crippen LogP contribution is -2.41. The molecule has 1 aromatic rings. The fourth-order valence-corrected chi connectivity index (χ4v) is 3.56. The molecule has 1 saturated carbocycles. The smallest absolute Gasteiger partial charge is 0.471 e. The van der Waals surface area contributed by atoms with Crippen molar-refractivity contribution < 1.29 is 27.5 Å². The average Bonchev–Trinajstić information content (AvgIpc) is 3.06. The van der Waals surface area contributed by atoms with Crippen molar-refractivity contribution in [3.8, 4) is 5.75 Å². The first-order chi connectivity index (χ1) is 10.7. The largest absolute Gasteiger partial charge is 0.496 e. The quantitative estimate of drug-likeness (QED) is 0.802. The van der Waals surface area contributed by atoms with Crippen LogP contribution >= 0.6 is 0 Å². The summed E-state index contributed by atoms with van der Waals surface area (Å²) in [5.74, 6) is -1.50. The third-order valence-corrected chi connectivity index (χ3v) is 4.83. The van der Waals surface area contributed by atoms with Gasteiger partial charge in [0, 0.05) is 18.5 Å². The summed E-state index contributed by atoms with van der Waals surface area (Å²) in [6, 6.07) is 5.11. The first kappa shape index (κ1) is 15.8. The number of rotatable bonds is 3. The van der Waals surface area contributed by atoms with Gasteiger partial charge in [0.15, 0.2) is 5.78 Å². The monoisotopic (exact) mass is 327 g/mol. The highest BCUT2D eigenvalue weighted by Crippen LogP contribution is 2.59. The van der Waals surface area contributed by atoms with Gasteiger partial charge in [-0.3, -0.25) is 9.59 Å². The Hall–Kier alpha value is -2.05. The van der Waals surface area contributed by atoms with Crippen LogP contribution in [0.2, 0.25) is 0 Å². The number of ether oxygens (including phenoxy) is 1. The van der Waals surface area contributed by atoms with Gasteiger partial charge in [0.25, 0.3) is 0 Å². The maximum absolute atomic E-state index is 12.6. The predicted molar refractivity (Wildman–Crippen MR) is 75.4 cm³/mol. The second-order valence-electron chi connectivity index (χ2n) is 6.21. The summed E-state index contributed by atoms with van der Waals surface area (Å²) < 4.78 is 42.9. The Balaban J connectivity index is 1.88. The maximum Gasteiger partial charge on any atom is 0.471 e. The standard InChI is InChI=1S/C16H16F3NO3/c1-9(21)12-5-10(3-4-13(12)23-2)15-6-11(15)7-20(8-15)14(22)16(17,18)19/h3-5,11H,6-8H2,1-2H3/t11-,15-/m0/s1. The number of methoxy groups -OCH3 is 1. The van der Waals surface area contributed by atoms with Gasteiger partial charge in [-0.05, 0) is 37.0 Å². The molecule has 1 aromatic carbocycles.